The molecule has 0 unspecified atom stereocenters. The number of allylic oxidation sites excluding steroid dienone is 1. The number of ether oxygens (including phenoxy) is 1. The van der Waals surface area contributed by atoms with Gasteiger partial charge in [0, 0.05) is 0 Å². The summed E-state index contributed by atoms with van der Waals surface area (Å²) in [5.41, 5.74) is 0. The summed E-state index contributed by atoms with van der Waals surface area (Å²) in [4.78, 5) is 11.1. The molecule has 0 radical (unpaired) electrons. The molecule has 0 amide bonds. The van der Waals surface area contributed by atoms with Crippen LogP contribution < -0.4 is 0 Å². The highest BCUT2D eigenvalue weighted by Gasteiger charge is 2.31. The van der Waals surface area contributed by atoms with Gasteiger partial charge in [-0.3, -0.25) is 4.79 Å². The minimum Gasteiger partial charge on any atom is -0.502 e. The number of ketones is 1. The first-order valence-electron chi connectivity index (χ1n) is 3.77. The normalized spacial score (nSPS) is 24.2. The zero-order valence-corrected chi connectivity index (χ0v) is 6.76. The zero-order valence-electron chi connectivity index (χ0n) is 6.76. The van der Waals surface area contributed by atoms with Crippen molar-refractivity contribution in [3.8, 4) is 0 Å². The van der Waals surface area contributed by atoms with E-state index in [9.17, 15) is 4.79 Å². The Kier molecular flexibility index (Phi) is 2.17. The number of Topliss-reactive ketones (excluding diaryl/α,β-unsaturated/α-hetero) is 1. The van der Waals surface area contributed by atoms with Crippen LogP contribution in [0.3, 0.4) is 0 Å². The van der Waals surface area contributed by atoms with Crippen LogP contribution >= 0.6 is 0 Å². The molecule has 1 atom stereocenters. The molecule has 0 aliphatic carbocycles. The van der Waals surface area contributed by atoms with E-state index in [1.807, 2.05) is 6.92 Å². The fraction of sp³-hybridized carbons (Fsp3) is 0.625. The number of aliphatic hydroxyl groups excluding tert-OH is 1. The van der Waals surface area contributed by atoms with Crippen LogP contribution in [0.1, 0.15) is 26.7 Å². The lowest BCUT2D eigenvalue weighted by Crippen LogP contribution is -2.17. The third-order valence-corrected chi connectivity index (χ3v) is 1.73. The average molecular weight is 156 g/mol. The van der Waals surface area contributed by atoms with E-state index in [0.29, 0.717) is 12.2 Å². The molecule has 0 bridgehead atoms. The third-order valence-electron chi connectivity index (χ3n) is 1.73. The molecule has 3 nitrogen and oxygen atoms in total. The van der Waals surface area contributed by atoms with Crippen LogP contribution in [-0.4, -0.2) is 17.0 Å². The molecule has 62 valence electrons. The van der Waals surface area contributed by atoms with Gasteiger partial charge >= 0.3 is 0 Å². The lowest BCUT2D eigenvalue weighted by molar-refractivity contribution is -0.123. The van der Waals surface area contributed by atoms with Crippen molar-refractivity contribution >= 4 is 5.78 Å². The molecule has 0 spiro atoms. The van der Waals surface area contributed by atoms with E-state index in [1.54, 1.807) is 6.92 Å². The molecule has 0 saturated heterocycles. The van der Waals surface area contributed by atoms with Crippen LogP contribution in [0, 0.1) is 0 Å². The van der Waals surface area contributed by atoms with Gasteiger partial charge in [-0.05, 0) is 13.3 Å². The van der Waals surface area contributed by atoms with Crippen molar-refractivity contribution in [1.29, 1.82) is 0 Å². The molecule has 0 saturated carbocycles. The minimum atomic E-state index is -0.431. The van der Waals surface area contributed by atoms with Gasteiger partial charge in [-0.1, -0.05) is 13.3 Å². The van der Waals surface area contributed by atoms with Gasteiger partial charge in [0.25, 0.3) is 0 Å². The highest BCUT2D eigenvalue weighted by molar-refractivity contribution is 5.98. The van der Waals surface area contributed by atoms with Crippen molar-refractivity contribution in [2.45, 2.75) is 32.8 Å². The van der Waals surface area contributed by atoms with Gasteiger partial charge in [-0.2, -0.15) is 0 Å². The van der Waals surface area contributed by atoms with Crippen LogP contribution in [0.15, 0.2) is 11.5 Å². The predicted molar refractivity (Wildman–Crippen MR) is 40.1 cm³/mol. The summed E-state index contributed by atoms with van der Waals surface area (Å²) in [6.45, 7) is 3.57. The Hall–Kier alpha value is -0.990. The maximum atomic E-state index is 11.1. The smallest absolute Gasteiger partial charge is 0.240 e. The Balaban J connectivity index is 2.63. The molecule has 1 heterocycles. The van der Waals surface area contributed by atoms with Crippen LogP contribution in [0.2, 0.25) is 0 Å². The molecule has 1 aliphatic heterocycles. The SMILES string of the molecule is CCC[C@H]1OC(C)=C(O)C1=O. The number of hydrogen-bond acceptors (Lipinski definition) is 3. The standard InChI is InChI=1S/C8H12O3/c1-3-4-6-8(10)7(9)5(2)11-6/h6,9H,3-4H2,1-2H3/t6-/m1/s1. The summed E-state index contributed by atoms with van der Waals surface area (Å²) in [7, 11) is 0. The lowest BCUT2D eigenvalue weighted by atomic mass is 10.1. The fourth-order valence-corrected chi connectivity index (χ4v) is 1.10. The van der Waals surface area contributed by atoms with Gasteiger partial charge in [0.15, 0.2) is 6.10 Å². The summed E-state index contributed by atoms with van der Waals surface area (Å²) in [5.74, 6) is -0.124. The largest absolute Gasteiger partial charge is 0.502 e. The Bertz CT molecular complexity index is 205. The van der Waals surface area contributed by atoms with E-state index >= 15 is 0 Å². The Morgan fingerprint density at radius 1 is 1.64 bits per heavy atom. The Labute approximate surface area is 65.7 Å². The van der Waals surface area contributed by atoms with Gasteiger partial charge in [0.2, 0.25) is 11.5 Å². The number of rotatable bonds is 2. The first-order chi connectivity index (χ1) is 5.16. The second-order valence-electron chi connectivity index (χ2n) is 2.66. The zero-order chi connectivity index (χ0) is 8.43. The Morgan fingerprint density at radius 2 is 2.27 bits per heavy atom. The van der Waals surface area contributed by atoms with Gasteiger partial charge in [0.1, 0.15) is 5.76 Å². The molecule has 0 aromatic rings. The summed E-state index contributed by atoms with van der Waals surface area (Å²) in [5, 5.41) is 9.07. The van der Waals surface area contributed by atoms with Crippen LogP contribution in [0.5, 0.6) is 0 Å². The third kappa shape index (κ3) is 1.37. The minimum absolute atomic E-state index is 0.205. The molecule has 0 fully saturated rings. The predicted octanol–water partition coefficient (Wildman–Crippen LogP) is 1.54. The van der Waals surface area contributed by atoms with E-state index in [0.717, 1.165) is 6.42 Å². The molecule has 1 N–H and O–H groups in total. The molecular weight excluding hydrogens is 144 g/mol. The van der Waals surface area contributed by atoms with E-state index in [2.05, 4.69) is 0 Å². The first-order valence-corrected chi connectivity index (χ1v) is 3.77. The highest BCUT2D eigenvalue weighted by Crippen LogP contribution is 2.21. The van der Waals surface area contributed by atoms with Crippen LogP contribution in [-0.2, 0) is 9.53 Å². The van der Waals surface area contributed by atoms with E-state index < -0.39 is 6.10 Å². The average Bonchev–Trinajstić information content (AvgIpc) is 2.19. The van der Waals surface area contributed by atoms with E-state index in [1.165, 1.54) is 0 Å². The van der Waals surface area contributed by atoms with Gasteiger partial charge in [-0.25, -0.2) is 0 Å². The molecule has 11 heavy (non-hydrogen) atoms. The summed E-state index contributed by atoms with van der Waals surface area (Å²) in [6, 6.07) is 0. The molecular formula is C8H12O3. The second kappa shape index (κ2) is 2.95. The highest BCUT2D eigenvalue weighted by atomic mass is 16.5. The maximum Gasteiger partial charge on any atom is 0.240 e. The molecule has 3 heteroatoms. The topological polar surface area (TPSA) is 46.5 Å². The summed E-state index contributed by atoms with van der Waals surface area (Å²) < 4.78 is 5.11. The van der Waals surface area contributed by atoms with E-state index in [-0.39, 0.29) is 11.5 Å². The second-order valence-corrected chi connectivity index (χ2v) is 2.66. The number of carbonyl (C=O) groups is 1. The molecule has 0 aromatic heterocycles. The monoisotopic (exact) mass is 156 g/mol. The van der Waals surface area contributed by atoms with Crippen molar-refractivity contribution in [2.24, 2.45) is 0 Å². The lowest BCUT2D eigenvalue weighted by Gasteiger charge is -2.06. The van der Waals surface area contributed by atoms with Gasteiger partial charge < -0.3 is 9.84 Å². The van der Waals surface area contributed by atoms with E-state index in [4.69, 9.17) is 9.84 Å². The van der Waals surface area contributed by atoms with Crippen LogP contribution in [0.25, 0.3) is 0 Å². The molecule has 1 rings (SSSR count). The quantitative estimate of drug-likeness (QED) is 0.659. The number of aliphatic hydroxyl groups is 1. The molecule has 0 aromatic carbocycles. The first kappa shape index (κ1) is 8.11. The summed E-state index contributed by atoms with van der Waals surface area (Å²) in [6.07, 6.45) is 1.14. The fourth-order valence-electron chi connectivity index (χ4n) is 1.10. The van der Waals surface area contributed by atoms with Gasteiger partial charge in [0.05, 0.1) is 0 Å². The van der Waals surface area contributed by atoms with Gasteiger partial charge in [-0.15, -0.1) is 0 Å². The van der Waals surface area contributed by atoms with Crippen LogP contribution in [0.4, 0.5) is 0 Å². The number of hydrogen-bond donors (Lipinski definition) is 1. The van der Waals surface area contributed by atoms with Crippen molar-refractivity contribution in [3.63, 3.8) is 0 Å². The van der Waals surface area contributed by atoms with Crippen molar-refractivity contribution in [1.82, 2.24) is 0 Å². The maximum absolute atomic E-state index is 11.1. The van der Waals surface area contributed by atoms with Crippen molar-refractivity contribution in [2.75, 3.05) is 0 Å². The summed E-state index contributed by atoms with van der Waals surface area (Å²) >= 11 is 0. The van der Waals surface area contributed by atoms with Crippen molar-refractivity contribution < 1.29 is 14.6 Å². The number of carbonyl (C=O) groups excluding carboxylic acids is 1. The molecule has 1 aliphatic rings. The van der Waals surface area contributed by atoms with Crippen molar-refractivity contribution in [3.05, 3.63) is 11.5 Å². The Morgan fingerprint density at radius 3 is 2.64 bits per heavy atom.